The van der Waals surface area contributed by atoms with Gasteiger partial charge in [0.2, 0.25) is 5.91 Å². The number of anilines is 1. The number of amides is 1. The Labute approximate surface area is 110 Å². The Balaban J connectivity index is 2.71. The number of benzene rings is 1. The van der Waals surface area contributed by atoms with Crippen LogP contribution in [0.25, 0.3) is 0 Å². The van der Waals surface area contributed by atoms with Gasteiger partial charge in [-0.05, 0) is 12.1 Å². The molecule has 0 saturated carbocycles. The molecular formula is C12H13NO5S. The molecule has 2 rings (SSSR count). The zero-order chi connectivity index (χ0) is 14.2. The third-order valence-corrected chi connectivity index (χ3v) is 4.88. The van der Waals surface area contributed by atoms with Gasteiger partial charge in [-0.15, -0.1) is 0 Å². The van der Waals surface area contributed by atoms with Gasteiger partial charge in [0.15, 0.2) is 9.84 Å². The minimum Gasteiger partial charge on any atom is -0.465 e. The first-order valence-corrected chi connectivity index (χ1v) is 7.27. The number of hydrogen-bond acceptors (Lipinski definition) is 5. The van der Waals surface area contributed by atoms with E-state index < -0.39 is 27.6 Å². The number of sulfone groups is 1. The van der Waals surface area contributed by atoms with Crippen molar-refractivity contribution in [1.82, 2.24) is 0 Å². The molecule has 0 spiro atoms. The van der Waals surface area contributed by atoms with Gasteiger partial charge in [-0.3, -0.25) is 4.79 Å². The van der Waals surface area contributed by atoms with Crippen LogP contribution < -0.4 is 5.32 Å². The minimum atomic E-state index is -3.62. The highest BCUT2D eigenvalue weighted by Crippen LogP contribution is 2.31. The summed E-state index contributed by atoms with van der Waals surface area (Å²) in [6.45, 7) is 1.52. The number of fused-ring (bicyclic) bond motifs is 1. The topological polar surface area (TPSA) is 89.5 Å². The average molecular weight is 283 g/mol. The number of nitrogens with one attached hydrogen (secondary N) is 1. The molecule has 1 aromatic rings. The number of rotatable bonds is 1. The second kappa shape index (κ2) is 4.65. The summed E-state index contributed by atoms with van der Waals surface area (Å²) in [6, 6.07) is 4.23. The van der Waals surface area contributed by atoms with E-state index in [2.05, 4.69) is 10.1 Å². The molecule has 1 amide bonds. The molecule has 102 valence electrons. The van der Waals surface area contributed by atoms with E-state index in [1.165, 1.54) is 32.2 Å². The van der Waals surface area contributed by atoms with Crippen molar-refractivity contribution in [2.45, 2.75) is 11.8 Å². The third-order valence-electron chi connectivity index (χ3n) is 2.93. The van der Waals surface area contributed by atoms with Crippen LogP contribution in [0.5, 0.6) is 0 Å². The van der Waals surface area contributed by atoms with Gasteiger partial charge < -0.3 is 10.1 Å². The van der Waals surface area contributed by atoms with Gasteiger partial charge in [0, 0.05) is 5.92 Å². The van der Waals surface area contributed by atoms with E-state index >= 15 is 0 Å². The molecule has 0 aliphatic carbocycles. The van der Waals surface area contributed by atoms with Crippen LogP contribution in [-0.2, 0) is 19.4 Å². The molecule has 0 fully saturated rings. The van der Waals surface area contributed by atoms with E-state index in [1.807, 2.05) is 0 Å². The summed E-state index contributed by atoms with van der Waals surface area (Å²) in [7, 11) is -2.42. The van der Waals surface area contributed by atoms with Crippen LogP contribution in [0.1, 0.15) is 17.3 Å². The monoisotopic (exact) mass is 283 g/mol. The van der Waals surface area contributed by atoms with Crippen LogP contribution in [0.2, 0.25) is 0 Å². The number of para-hydroxylation sites is 1. The average Bonchev–Trinajstić information content (AvgIpc) is 2.44. The van der Waals surface area contributed by atoms with E-state index in [1.54, 1.807) is 0 Å². The molecule has 1 aliphatic heterocycles. The zero-order valence-electron chi connectivity index (χ0n) is 10.5. The highest BCUT2D eigenvalue weighted by atomic mass is 32.2. The van der Waals surface area contributed by atoms with Crippen molar-refractivity contribution in [1.29, 1.82) is 0 Å². The lowest BCUT2D eigenvalue weighted by Gasteiger charge is -2.10. The highest BCUT2D eigenvalue weighted by Gasteiger charge is 2.32. The van der Waals surface area contributed by atoms with Crippen molar-refractivity contribution in [3.63, 3.8) is 0 Å². The first-order valence-electron chi connectivity index (χ1n) is 5.62. The number of carbonyl (C=O) groups is 2. The van der Waals surface area contributed by atoms with Crippen molar-refractivity contribution in [2.75, 3.05) is 18.2 Å². The largest absolute Gasteiger partial charge is 0.465 e. The molecule has 1 aliphatic rings. The lowest BCUT2D eigenvalue weighted by molar-refractivity contribution is -0.118. The maximum atomic E-state index is 12.2. The van der Waals surface area contributed by atoms with Crippen LogP contribution in [0.4, 0.5) is 5.69 Å². The Morgan fingerprint density at radius 2 is 2.11 bits per heavy atom. The Bertz CT molecular complexity index is 650. The predicted octanol–water partition coefficient (Wildman–Crippen LogP) is 0.835. The quantitative estimate of drug-likeness (QED) is 0.771. The van der Waals surface area contributed by atoms with E-state index in [4.69, 9.17) is 0 Å². The molecule has 7 heteroatoms. The van der Waals surface area contributed by atoms with Crippen molar-refractivity contribution in [3.8, 4) is 0 Å². The Kier molecular flexibility index (Phi) is 3.32. The first-order chi connectivity index (χ1) is 8.86. The van der Waals surface area contributed by atoms with Gasteiger partial charge in [-0.2, -0.15) is 0 Å². The molecular weight excluding hydrogens is 270 g/mol. The molecule has 1 heterocycles. The second-order valence-corrected chi connectivity index (χ2v) is 6.34. The van der Waals surface area contributed by atoms with E-state index in [0.717, 1.165) is 0 Å². The van der Waals surface area contributed by atoms with Crippen LogP contribution in [0, 0.1) is 5.92 Å². The van der Waals surface area contributed by atoms with Crippen molar-refractivity contribution in [2.24, 2.45) is 5.92 Å². The fourth-order valence-electron chi connectivity index (χ4n) is 1.94. The number of hydrogen-bond donors (Lipinski definition) is 1. The maximum Gasteiger partial charge on any atom is 0.340 e. The van der Waals surface area contributed by atoms with Crippen LogP contribution in [-0.4, -0.2) is 33.2 Å². The predicted molar refractivity (Wildman–Crippen MR) is 67.6 cm³/mol. The summed E-state index contributed by atoms with van der Waals surface area (Å²) < 4.78 is 28.9. The van der Waals surface area contributed by atoms with Crippen molar-refractivity contribution >= 4 is 27.4 Å². The third kappa shape index (κ3) is 2.33. The number of esters is 1. The summed E-state index contributed by atoms with van der Waals surface area (Å²) in [4.78, 5) is 23.4. The number of methoxy groups -OCH3 is 1. The smallest absolute Gasteiger partial charge is 0.340 e. The Hall–Kier alpha value is -1.89. The van der Waals surface area contributed by atoms with Gasteiger partial charge >= 0.3 is 5.97 Å². The van der Waals surface area contributed by atoms with E-state index in [9.17, 15) is 18.0 Å². The van der Waals surface area contributed by atoms with Crippen LogP contribution in [0.3, 0.4) is 0 Å². The van der Waals surface area contributed by atoms with E-state index in [-0.39, 0.29) is 21.9 Å². The summed E-state index contributed by atoms with van der Waals surface area (Å²) >= 11 is 0. The fraction of sp³-hybridized carbons (Fsp3) is 0.333. The number of carbonyl (C=O) groups excluding carboxylic acids is 2. The maximum absolute atomic E-state index is 12.2. The molecule has 0 radical (unpaired) electrons. The van der Waals surface area contributed by atoms with Gasteiger partial charge in [-0.1, -0.05) is 13.0 Å². The van der Waals surface area contributed by atoms with Gasteiger partial charge in [0.1, 0.15) is 0 Å². The first kappa shape index (κ1) is 13.5. The molecule has 19 heavy (non-hydrogen) atoms. The van der Waals surface area contributed by atoms with Gasteiger partial charge in [0.25, 0.3) is 0 Å². The van der Waals surface area contributed by atoms with Crippen LogP contribution >= 0.6 is 0 Å². The second-order valence-electron chi connectivity index (χ2n) is 4.34. The van der Waals surface area contributed by atoms with Crippen molar-refractivity contribution in [3.05, 3.63) is 23.8 Å². The minimum absolute atomic E-state index is 0.00343. The molecule has 0 bridgehead atoms. The Morgan fingerprint density at radius 1 is 1.42 bits per heavy atom. The van der Waals surface area contributed by atoms with Gasteiger partial charge in [0.05, 0.1) is 29.0 Å². The highest BCUT2D eigenvalue weighted by molar-refractivity contribution is 7.91. The molecule has 1 atom stereocenters. The summed E-state index contributed by atoms with van der Waals surface area (Å²) in [6.07, 6.45) is 0. The molecule has 0 saturated heterocycles. The summed E-state index contributed by atoms with van der Waals surface area (Å²) in [5.41, 5.74) is 0.0368. The fourth-order valence-corrected chi connectivity index (χ4v) is 3.69. The zero-order valence-corrected chi connectivity index (χ0v) is 11.3. The van der Waals surface area contributed by atoms with Crippen LogP contribution in [0.15, 0.2) is 23.1 Å². The normalized spacial score (nSPS) is 20.9. The molecule has 0 aromatic heterocycles. The number of ether oxygens (including phenoxy) is 1. The molecule has 1 aromatic carbocycles. The lowest BCUT2D eigenvalue weighted by Crippen LogP contribution is -2.23. The molecule has 6 nitrogen and oxygen atoms in total. The Morgan fingerprint density at radius 3 is 2.74 bits per heavy atom. The summed E-state index contributed by atoms with van der Waals surface area (Å²) in [5.74, 6) is -2.08. The standard InChI is InChI=1S/C12H13NO5S/c1-7-6-19(16,17)9-5-3-4-8(12(15)18-2)10(9)13-11(7)14/h3-5,7H,6H2,1-2H3,(H,13,14). The van der Waals surface area contributed by atoms with Crippen molar-refractivity contribution < 1.29 is 22.7 Å². The summed E-state index contributed by atoms with van der Waals surface area (Å²) in [5, 5.41) is 2.49. The van der Waals surface area contributed by atoms with Gasteiger partial charge in [-0.25, -0.2) is 13.2 Å². The lowest BCUT2D eigenvalue weighted by atomic mass is 10.1. The SMILES string of the molecule is COC(=O)c1cccc2c1NC(=O)C(C)CS2(=O)=O. The van der Waals surface area contributed by atoms with E-state index in [0.29, 0.717) is 0 Å². The molecule has 1 unspecified atom stereocenters. The molecule has 1 N–H and O–H groups in total.